The fraction of sp³-hybridized carbons (Fsp3) is 0.304. The molecule has 1 saturated heterocycles. The molecule has 1 aliphatic heterocycles. The van der Waals surface area contributed by atoms with Crippen LogP contribution in [0.2, 0.25) is 0 Å². The van der Waals surface area contributed by atoms with E-state index >= 15 is 0 Å². The van der Waals surface area contributed by atoms with Crippen molar-refractivity contribution in [2.45, 2.75) is 39.0 Å². The van der Waals surface area contributed by atoms with Gasteiger partial charge >= 0.3 is 6.09 Å². The van der Waals surface area contributed by atoms with Crippen molar-refractivity contribution in [2.24, 2.45) is 0 Å². The molecule has 7 nitrogen and oxygen atoms in total. The van der Waals surface area contributed by atoms with Crippen molar-refractivity contribution in [3.05, 3.63) is 65.4 Å². The SMILES string of the molecule is Cc1cc(-c2cc(F)c([C@H](C)Nc3ncc(F)c(N4C(=O)OC[C@@H]4[C@H](C)F)n3)cc2F)ccn1. The van der Waals surface area contributed by atoms with Crippen LogP contribution >= 0.6 is 0 Å². The Morgan fingerprint density at radius 3 is 2.59 bits per heavy atom. The second-order valence-electron chi connectivity index (χ2n) is 7.96. The highest BCUT2D eigenvalue weighted by molar-refractivity contribution is 5.89. The molecule has 3 heterocycles. The number of hydrogen-bond donors (Lipinski definition) is 1. The Bertz CT molecular complexity index is 1240. The zero-order valence-electron chi connectivity index (χ0n) is 18.5. The van der Waals surface area contributed by atoms with Crippen molar-refractivity contribution in [3.8, 4) is 11.1 Å². The van der Waals surface area contributed by atoms with Gasteiger partial charge in [-0.3, -0.25) is 4.98 Å². The number of aromatic nitrogens is 3. The number of anilines is 2. The Morgan fingerprint density at radius 1 is 1.12 bits per heavy atom. The highest BCUT2D eigenvalue weighted by atomic mass is 19.1. The Labute approximate surface area is 192 Å². The Kier molecular flexibility index (Phi) is 6.36. The summed E-state index contributed by atoms with van der Waals surface area (Å²) in [5.41, 5.74) is 1.21. The van der Waals surface area contributed by atoms with Gasteiger partial charge < -0.3 is 10.1 Å². The normalized spacial score (nSPS) is 17.4. The average Bonchev–Trinajstić information content (AvgIpc) is 3.17. The summed E-state index contributed by atoms with van der Waals surface area (Å²) >= 11 is 0. The molecule has 1 amide bonds. The first-order valence-electron chi connectivity index (χ1n) is 10.5. The lowest BCUT2D eigenvalue weighted by molar-refractivity contribution is 0.174. The van der Waals surface area contributed by atoms with Gasteiger partial charge in [0, 0.05) is 23.0 Å². The maximum Gasteiger partial charge on any atom is 0.416 e. The van der Waals surface area contributed by atoms with E-state index in [4.69, 9.17) is 4.74 Å². The van der Waals surface area contributed by atoms with E-state index in [1.165, 1.54) is 20.0 Å². The number of alkyl halides is 1. The first-order chi connectivity index (χ1) is 16.2. The summed E-state index contributed by atoms with van der Waals surface area (Å²) in [6.07, 6.45) is -0.139. The van der Waals surface area contributed by atoms with Crippen LogP contribution in [-0.2, 0) is 4.74 Å². The van der Waals surface area contributed by atoms with Crippen molar-refractivity contribution in [2.75, 3.05) is 16.8 Å². The molecule has 1 aliphatic rings. The third-order valence-electron chi connectivity index (χ3n) is 5.50. The number of hydrogen-bond acceptors (Lipinski definition) is 6. The molecule has 0 spiro atoms. The third-order valence-corrected chi connectivity index (χ3v) is 5.50. The summed E-state index contributed by atoms with van der Waals surface area (Å²) in [6.45, 7) is 4.24. The highest BCUT2D eigenvalue weighted by Crippen LogP contribution is 2.31. The van der Waals surface area contributed by atoms with Gasteiger partial charge in [-0.05, 0) is 50.6 Å². The number of nitrogens with one attached hydrogen (secondary N) is 1. The van der Waals surface area contributed by atoms with E-state index in [-0.39, 0.29) is 23.7 Å². The Hall–Kier alpha value is -3.76. The predicted octanol–water partition coefficient (Wildman–Crippen LogP) is 5.12. The van der Waals surface area contributed by atoms with Gasteiger partial charge in [-0.15, -0.1) is 0 Å². The van der Waals surface area contributed by atoms with Gasteiger partial charge in [0.05, 0.1) is 12.2 Å². The third kappa shape index (κ3) is 4.50. The molecule has 1 fully saturated rings. The molecule has 0 bridgehead atoms. The maximum atomic E-state index is 14.9. The molecule has 4 rings (SSSR count). The number of rotatable bonds is 6. The number of cyclic esters (lactones) is 1. The lowest BCUT2D eigenvalue weighted by atomic mass is 10.00. The molecule has 0 saturated carbocycles. The molecule has 0 aliphatic carbocycles. The van der Waals surface area contributed by atoms with E-state index in [0.717, 1.165) is 23.2 Å². The van der Waals surface area contributed by atoms with Crippen LogP contribution in [0.1, 0.15) is 31.1 Å². The van der Waals surface area contributed by atoms with E-state index in [0.29, 0.717) is 11.3 Å². The van der Waals surface area contributed by atoms with Crippen LogP contribution in [0.3, 0.4) is 0 Å². The monoisotopic (exact) mass is 475 g/mol. The molecule has 0 unspecified atom stereocenters. The average molecular weight is 475 g/mol. The minimum Gasteiger partial charge on any atom is -0.447 e. The molecule has 34 heavy (non-hydrogen) atoms. The number of nitrogens with zero attached hydrogens (tertiary/aromatic N) is 4. The van der Waals surface area contributed by atoms with E-state index in [9.17, 15) is 22.4 Å². The number of halogens is 4. The number of aryl methyl sites for hydroxylation is 1. The standard InChI is InChI=1S/C23H21F4N5O2/c1-11-6-14(4-5-28-11)16-8-17(25)15(7-18(16)26)13(3)30-22-29-9-19(27)21(31-22)32-20(12(2)24)10-34-23(32)33/h4-9,12-13,20H,10H2,1-3H3,(H,29,30,31)/t12-,13-,20+/m0/s1. The summed E-state index contributed by atoms with van der Waals surface area (Å²) in [5, 5.41) is 2.77. The molecule has 2 aromatic heterocycles. The van der Waals surface area contributed by atoms with E-state index < -0.39 is 47.6 Å². The number of carbonyl (C=O) groups is 1. The summed E-state index contributed by atoms with van der Waals surface area (Å²) in [5.74, 6) is -2.92. The van der Waals surface area contributed by atoms with Crippen molar-refractivity contribution >= 4 is 17.9 Å². The van der Waals surface area contributed by atoms with Gasteiger partial charge in [0.1, 0.15) is 30.5 Å². The van der Waals surface area contributed by atoms with Gasteiger partial charge in [0.15, 0.2) is 11.6 Å². The lowest BCUT2D eigenvalue weighted by Gasteiger charge is -2.22. The van der Waals surface area contributed by atoms with Crippen molar-refractivity contribution < 1.29 is 27.1 Å². The first kappa shape index (κ1) is 23.4. The quantitative estimate of drug-likeness (QED) is 0.499. The van der Waals surface area contributed by atoms with Crippen LogP contribution < -0.4 is 10.2 Å². The smallest absolute Gasteiger partial charge is 0.416 e. The molecule has 178 valence electrons. The summed E-state index contributed by atoms with van der Waals surface area (Å²) in [6, 6.07) is 3.47. The molecule has 3 aromatic rings. The summed E-state index contributed by atoms with van der Waals surface area (Å²) < 4.78 is 62.9. The van der Waals surface area contributed by atoms with Crippen molar-refractivity contribution in [1.82, 2.24) is 15.0 Å². The summed E-state index contributed by atoms with van der Waals surface area (Å²) in [7, 11) is 0. The van der Waals surface area contributed by atoms with Crippen LogP contribution in [-0.4, -0.2) is 39.9 Å². The second-order valence-corrected chi connectivity index (χ2v) is 7.96. The number of benzene rings is 1. The Morgan fingerprint density at radius 2 is 1.88 bits per heavy atom. The van der Waals surface area contributed by atoms with Gasteiger partial charge in [0.2, 0.25) is 5.95 Å². The number of pyridine rings is 1. The first-order valence-corrected chi connectivity index (χ1v) is 10.5. The predicted molar refractivity (Wildman–Crippen MR) is 117 cm³/mol. The van der Waals surface area contributed by atoms with Crippen LogP contribution in [0.25, 0.3) is 11.1 Å². The molecular weight excluding hydrogens is 454 g/mol. The van der Waals surface area contributed by atoms with Crippen LogP contribution in [0, 0.1) is 24.4 Å². The van der Waals surface area contributed by atoms with Crippen LogP contribution in [0.5, 0.6) is 0 Å². The van der Waals surface area contributed by atoms with E-state index in [2.05, 4.69) is 20.3 Å². The van der Waals surface area contributed by atoms with Gasteiger partial charge in [0.25, 0.3) is 0 Å². The second kappa shape index (κ2) is 9.24. The van der Waals surface area contributed by atoms with Crippen LogP contribution in [0.4, 0.5) is 34.1 Å². The van der Waals surface area contributed by atoms with Crippen molar-refractivity contribution in [3.63, 3.8) is 0 Å². The molecular formula is C23H21F4N5O2. The fourth-order valence-electron chi connectivity index (χ4n) is 3.71. The topological polar surface area (TPSA) is 80.2 Å². The molecule has 0 radical (unpaired) electrons. The summed E-state index contributed by atoms with van der Waals surface area (Å²) in [4.78, 5) is 24.6. The number of carbonyl (C=O) groups excluding carboxylic acids is 1. The maximum absolute atomic E-state index is 14.9. The number of amides is 1. The molecule has 1 N–H and O–H groups in total. The van der Waals surface area contributed by atoms with E-state index in [1.807, 2.05) is 0 Å². The van der Waals surface area contributed by atoms with Gasteiger partial charge in [-0.1, -0.05) is 0 Å². The lowest BCUT2D eigenvalue weighted by Crippen LogP contribution is -2.40. The van der Waals surface area contributed by atoms with Gasteiger partial charge in [-0.25, -0.2) is 32.2 Å². The van der Waals surface area contributed by atoms with E-state index in [1.54, 1.807) is 19.1 Å². The zero-order valence-corrected chi connectivity index (χ0v) is 18.5. The van der Waals surface area contributed by atoms with Crippen LogP contribution in [0.15, 0.2) is 36.7 Å². The van der Waals surface area contributed by atoms with Gasteiger partial charge in [-0.2, -0.15) is 4.98 Å². The highest BCUT2D eigenvalue weighted by Gasteiger charge is 2.40. The minimum atomic E-state index is -1.50. The fourth-order valence-corrected chi connectivity index (χ4v) is 3.71. The molecule has 11 heteroatoms. The minimum absolute atomic E-state index is 0.0163. The zero-order chi connectivity index (χ0) is 24.6. The number of ether oxygens (including phenoxy) is 1. The largest absolute Gasteiger partial charge is 0.447 e. The van der Waals surface area contributed by atoms with Crippen molar-refractivity contribution in [1.29, 1.82) is 0 Å². The Balaban J connectivity index is 1.61. The molecule has 1 aromatic carbocycles. The molecule has 3 atom stereocenters.